The van der Waals surface area contributed by atoms with E-state index < -0.39 is 23.3 Å². The first-order chi connectivity index (χ1) is 18.3. The predicted molar refractivity (Wildman–Crippen MR) is 137 cm³/mol. The molecule has 6 nitrogen and oxygen atoms in total. The van der Waals surface area contributed by atoms with Crippen LogP contribution in [-0.4, -0.2) is 27.1 Å². The molecular weight excluding hydrogens is 493 g/mol. The van der Waals surface area contributed by atoms with Crippen molar-refractivity contribution < 1.29 is 22.7 Å². The largest absolute Gasteiger partial charge is 0.438 e. The molecule has 0 unspecified atom stereocenters. The first-order valence-electron chi connectivity index (χ1n) is 12.3. The highest BCUT2D eigenvalue weighted by molar-refractivity contribution is 5.70. The molecule has 4 aromatic rings. The number of hydrogen-bond acceptors (Lipinski definition) is 4. The third-order valence-electron chi connectivity index (χ3n) is 7.25. The number of imidazole rings is 1. The van der Waals surface area contributed by atoms with Crippen LogP contribution in [0.5, 0.6) is 0 Å². The van der Waals surface area contributed by atoms with Crippen molar-refractivity contribution in [1.29, 1.82) is 0 Å². The van der Waals surface area contributed by atoms with Crippen LogP contribution in [0.2, 0.25) is 0 Å². The zero-order valence-electron chi connectivity index (χ0n) is 20.8. The van der Waals surface area contributed by atoms with Gasteiger partial charge in [0.05, 0.1) is 6.04 Å². The Morgan fingerprint density at radius 2 is 1.74 bits per heavy atom. The van der Waals surface area contributed by atoms with Crippen molar-refractivity contribution in [1.82, 2.24) is 14.5 Å². The van der Waals surface area contributed by atoms with Gasteiger partial charge in [-0.1, -0.05) is 36.4 Å². The molecule has 1 aliphatic heterocycles. The second kappa shape index (κ2) is 10.2. The second-order valence-corrected chi connectivity index (χ2v) is 9.46. The number of aryl methyl sites for hydroxylation is 1. The Kier molecular flexibility index (Phi) is 6.84. The van der Waals surface area contributed by atoms with Gasteiger partial charge in [0.15, 0.2) is 5.95 Å². The highest BCUT2D eigenvalue weighted by Crippen LogP contribution is 2.40. The Hall–Kier alpha value is -4.27. The molecule has 1 amide bonds. The van der Waals surface area contributed by atoms with Crippen molar-refractivity contribution in [2.75, 3.05) is 12.3 Å². The van der Waals surface area contributed by atoms with Gasteiger partial charge in [-0.3, -0.25) is 0 Å². The van der Waals surface area contributed by atoms with E-state index in [1.165, 1.54) is 24.3 Å². The fourth-order valence-electron chi connectivity index (χ4n) is 4.97. The van der Waals surface area contributed by atoms with E-state index >= 15 is 0 Å². The lowest BCUT2D eigenvalue weighted by atomic mass is 9.85. The molecule has 3 aromatic carbocycles. The number of benzene rings is 3. The number of carbonyl (C=O) groups is 1. The summed E-state index contributed by atoms with van der Waals surface area (Å²) < 4.78 is 49.0. The van der Waals surface area contributed by atoms with Crippen molar-refractivity contribution in [3.8, 4) is 11.1 Å². The fourth-order valence-corrected chi connectivity index (χ4v) is 4.97. The van der Waals surface area contributed by atoms with Gasteiger partial charge in [0.25, 0.3) is 0 Å². The average molecular weight is 521 g/mol. The summed E-state index contributed by atoms with van der Waals surface area (Å²) in [6, 6.07) is 16.3. The molecule has 0 spiro atoms. The normalized spacial score (nSPS) is 18.3. The van der Waals surface area contributed by atoms with Gasteiger partial charge < -0.3 is 19.9 Å². The van der Waals surface area contributed by atoms with E-state index in [-0.39, 0.29) is 11.9 Å². The Balaban J connectivity index is 1.35. The molecule has 5 rings (SSSR count). The lowest BCUT2D eigenvalue weighted by Gasteiger charge is -2.43. The number of hydrogen-bond donors (Lipinski definition) is 1. The lowest BCUT2D eigenvalue weighted by molar-refractivity contribution is -0.0674. The van der Waals surface area contributed by atoms with E-state index in [9.17, 15) is 18.0 Å². The van der Waals surface area contributed by atoms with E-state index in [0.717, 1.165) is 11.6 Å². The van der Waals surface area contributed by atoms with E-state index in [1.807, 2.05) is 19.1 Å². The minimum absolute atomic E-state index is 0.297. The standard InChI is InChI=1S/C29H27F3N4O2/c1-19(20-2-4-21(5-3-20)25-11-10-24(31)18-26(25)32)36-16-13-29(38-28(36)37,22-6-8-23(30)9-7-22)12-15-35-17-14-34-27(35)33/h2-11,14,17-19H,12-13,15-16H2,1H3,(H2,33,34)/t19-,29+/m0/s1. The van der Waals surface area contributed by atoms with Crippen LogP contribution in [-0.2, 0) is 16.9 Å². The number of nitrogens with zero attached hydrogens (tertiary/aromatic N) is 3. The minimum atomic E-state index is -0.957. The molecule has 2 N–H and O–H groups in total. The molecule has 0 radical (unpaired) electrons. The molecule has 1 fully saturated rings. The molecule has 38 heavy (non-hydrogen) atoms. The first kappa shape index (κ1) is 25.4. The fraction of sp³-hybridized carbons (Fsp3) is 0.241. The molecule has 196 valence electrons. The van der Waals surface area contributed by atoms with Crippen molar-refractivity contribution in [3.63, 3.8) is 0 Å². The SMILES string of the molecule is C[C@@H](c1ccc(-c2ccc(F)cc2F)cc1)N1CC[C@](CCn2ccnc2N)(c2ccc(F)cc2)OC1=O. The van der Waals surface area contributed by atoms with Crippen LogP contribution in [0.1, 0.15) is 36.9 Å². The van der Waals surface area contributed by atoms with E-state index in [1.54, 1.807) is 46.1 Å². The summed E-state index contributed by atoms with van der Waals surface area (Å²) >= 11 is 0. The number of halogens is 3. The lowest BCUT2D eigenvalue weighted by Crippen LogP contribution is -2.49. The highest BCUT2D eigenvalue weighted by atomic mass is 19.1. The van der Waals surface area contributed by atoms with Crippen LogP contribution in [0.4, 0.5) is 23.9 Å². The molecule has 9 heteroatoms. The predicted octanol–water partition coefficient (Wildman–Crippen LogP) is 6.44. The van der Waals surface area contributed by atoms with Gasteiger partial charge in [-0.25, -0.2) is 22.9 Å². The zero-order chi connectivity index (χ0) is 26.9. The average Bonchev–Trinajstić information content (AvgIpc) is 3.32. The van der Waals surface area contributed by atoms with Gasteiger partial charge in [0.1, 0.15) is 23.1 Å². The van der Waals surface area contributed by atoms with Crippen molar-refractivity contribution in [2.24, 2.45) is 0 Å². The Morgan fingerprint density at radius 3 is 2.37 bits per heavy atom. The summed E-state index contributed by atoms with van der Waals surface area (Å²) in [6.07, 6.45) is 3.80. The maximum Gasteiger partial charge on any atom is 0.411 e. The third-order valence-corrected chi connectivity index (χ3v) is 7.25. The number of aromatic nitrogens is 2. The van der Waals surface area contributed by atoms with Crippen molar-refractivity contribution in [3.05, 3.63) is 108 Å². The maximum atomic E-state index is 14.2. The number of amides is 1. The van der Waals surface area contributed by atoms with Gasteiger partial charge in [-0.2, -0.15) is 0 Å². The zero-order valence-corrected chi connectivity index (χ0v) is 20.8. The molecule has 0 bridgehead atoms. The molecule has 0 saturated carbocycles. The second-order valence-electron chi connectivity index (χ2n) is 9.46. The third kappa shape index (κ3) is 4.96. The van der Waals surface area contributed by atoms with Crippen LogP contribution in [0.3, 0.4) is 0 Å². The van der Waals surface area contributed by atoms with Crippen LogP contribution < -0.4 is 5.73 Å². The molecule has 2 heterocycles. The molecular formula is C29H27F3N4O2. The number of carbonyl (C=O) groups excluding carboxylic acids is 1. The van der Waals surface area contributed by atoms with Crippen LogP contribution in [0.15, 0.2) is 79.1 Å². The summed E-state index contributed by atoms with van der Waals surface area (Å²) in [5.74, 6) is -1.28. The molecule has 1 saturated heterocycles. The quantitative estimate of drug-likeness (QED) is 0.304. The number of cyclic esters (lactones) is 1. The monoisotopic (exact) mass is 520 g/mol. The summed E-state index contributed by atoms with van der Waals surface area (Å²) in [6.45, 7) is 2.77. The highest BCUT2D eigenvalue weighted by Gasteiger charge is 2.43. The summed E-state index contributed by atoms with van der Waals surface area (Å²) in [5.41, 5.74) is 7.42. The molecule has 0 aliphatic carbocycles. The molecule has 2 atom stereocenters. The maximum absolute atomic E-state index is 14.2. The van der Waals surface area contributed by atoms with E-state index in [0.29, 0.717) is 48.6 Å². The Labute approximate surface area is 218 Å². The van der Waals surface area contributed by atoms with E-state index in [4.69, 9.17) is 10.5 Å². The van der Waals surface area contributed by atoms with Crippen LogP contribution in [0, 0.1) is 17.5 Å². The van der Waals surface area contributed by atoms with Gasteiger partial charge in [-0.15, -0.1) is 0 Å². The number of ether oxygens (including phenoxy) is 1. The minimum Gasteiger partial charge on any atom is -0.438 e. The Morgan fingerprint density at radius 1 is 1.03 bits per heavy atom. The van der Waals surface area contributed by atoms with E-state index in [2.05, 4.69) is 4.98 Å². The number of rotatable bonds is 7. The van der Waals surface area contributed by atoms with Gasteiger partial charge in [0.2, 0.25) is 0 Å². The first-order valence-corrected chi connectivity index (χ1v) is 12.3. The number of nitrogens with two attached hydrogens (primary N) is 1. The van der Waals surface area contributed by atoms with Gasteiger partial charge in [0, 0.05) is 50.0 Å². The molecule has 1 aliphatic rings. The number of anilines is 1. The van der Waals surface area contributed by atoms with Crippen molar-refractivity contribution >= 4 is 12.0 Å². The van der Waals surface area contributed by atoms with Crippen molar-refractivity contribution in [2.45, 2.75) is 38.0 Å². The number of nitrogen functional groups attached to an aromatic ring is 1. The van der Waals surface area contributed by atoms with Crippen LogP contribution >= 0.6 is 0 Å². The topological polar surface area (TPSA) is 73.4 Å². The molecule has 1 aromatic heterocycles. The van der Waals surface area contributed by atoms with Crippen LogP contribution in [0.25, 0.3) is 11.1 Å². The summed E-state index contributed by atoms with van der Waals surface area (Å²) in [4.78, 5) is 19.0. The van der Waals surface area contributed by atoms with Gasteiger partial charge in [-0.05, 0) is 47.9 Å². The van der Waals surface area contributed by atoms with Gasteiger partial charge >= 0.3 is 6.09 Å². The smallest absolute Gasteiger partial charge is 0.411 e. The Bertz CT molecular complexity index is 1440. The summed E-state index contributed by atoms with van der Waals surface area (Å²) in [7, 11) is 0. The summed E-state index contributed by atoms with van der Waals surface area (Å²) in [5, 5.41) is 0.